The first-order chi connectivity index (χ1) is 13.0. The Balaban J connectivity index is 1.65. The van der Waals surface area contributed by atoms with Gasteiger partial charge in [0, 0.05) is 34.9 Å². The summed E-state index contributed by atoms with van der Waals surface area (Å²) in [6.07, 6.45) is 2.22. The molecule has 1 aromatic heterocycles. The molecule has 0 radical (unpaired) electrons. The van der Waals surface area contributed by atoms with Crippen LogP contribution in [0.2, 0.25) is 0 Å². The van der Waals surface area contributed by atoms with Crippen molar-refractivity contribution in [2.75, 3.05) is 17.7 Å². The second-order valence-electron chi connectivity index (χ2n) is 6.34. The second kappa shape index (κ2) is 8.81. The van der Waals surface area contributed by atoms with Crippen LogP contribution in [0.4, 0.5) is 5.69 Å². The molecule has 1 aliphatic heterocycles. The summed E-state index contributed by atoms with van der Waals surface area (Å²) in [6.45, 7) is 4.31. The summed E-state index contributed by atoms with van der Waals surface area (Å²) in [5, 5.41) is 7.48. The van der Waals surface area contributed by atoms with E-state index in [1.165, 1.54) is 0 Å². The predicted molar refractivity (Wildman–Crippen MR) is 106 cm³/mol. The van der Waals surface area contributed by atoms with E-state index in [9.17, 15) is 9.59 Å². The van der Waals surface area contributed by atoms with Crippen LogP contribution in [-0.4, -0.2) is 30.2 Å². The Kier molecular flexibility index (Phi) is 6.24. The Morgan fingerprint density at radius 2 is 2.11 bits per heavy atom. The fourth-order valence-corrected chi connectivity index (χ4v) is 3.28. The first kappa shape index (κ1) is 19.1. The van der Waals surface area contributed by atoms with Crippen molar-refractivity contribution in [3.63, 3.8) is 0 Å². The fraction of sp³-hybridized carbons (Fsp3) is 0.300. The van der Waals surface area contributed by atoms with E-state index in [-0.39, 0.29) is 17.9 Å². The predicted octanol–water partition coefficient (Wildman–Crippen LogP) is 3.49. The van der Waals surface area contributed by atoms with Gasteiger partial charge < -0.3 is 19.8 Å². The lowest BCUT2D eigenvalue weighted by Crippen LogP contribution is -2.34. The van der Waals surface area contributed by atoms with Crippen molar-refractivity contribution in [2.24, 2.45) is 0 Å². The normalized spacial score (nSPS) is 14.7. The molecule has 2 amide bonds. The van der Waals surface area contributed by atoms with E-state index in [1.807, 2.05) is 32.0 Å². The van der Waals surface area contributed by atoms with E-state index in [0.29, 0.717) is 30.0 Å². The number of thioether (sulfide) groups is 1. The zero-order valence-corrected chi connectivity index (χ0v) is 16.1. The highest BCUT2D eigenvalue weighted by atomic mass is 32.2. The van der Waals surface area contributed by atoms with Crippen molar-refractivity contribution in [3.05, 3.63) is 64.6 Å². The minimum atomic E-state index is -0.311. The molecular formula is C20H22N2O4S. The molecule has 0 saturated carbocycles. The third-order valence-electron chi connectivity index (χ3n) is 4.09. The monoisotopic (exact) mass is 386 g/mol. The molecule has 1 aliphatic rings. The smallest absolute Gasteiger partial charge is 0.291 e. The molecule has 1 aromatic carbocycles. The van der Waals surface area contributed by atoms with Crippen LogP contribution < -0.4 is 10.6 Å². The van der Waals surface area contributed by atoms with Crippen molar-refractivity contribution < 1.29 is 18.7 Å². The number of carbonyl (C=O) groups excluding carboxylic acids is 2. The third-order valence-corrected chi connectivity index (χ3v) is 4.87. The highest BCUT2D eigenvalue weighted by Gasteiger charge is 2.17. The third kappa shape index (κ3) is 5.17. The number of anilines is 1. The summed E-state index contributed by atoms with van der Waals surface area (Å²) < 4.78 is 10.7. The molecule has 1 unspecified atom stereocenters. The van der Waals surface area contributed by atoms with E-state index in [2.05, 4.69) is 10.6 Å². The van der Waals surface area contributed by atoms with Crippen LogP contribution >= 0.6 is 11.8 Å². The Morgan fingerprint density at radius 1 is 1.26 bits per heavy atom. The highest BCUT2D eigenvalue weighted by Crippen LogP contribution is 2.21. The van der Waals surface area contributed by atoms with Crippen LogP contribution in [0.5, 0.6) is 0 Å². The summed E-state index contributed by atoms with van der Waals surface area (Å²) in [5.41, 5.74) is 1.94. The second-order valence-corrected chi connectivity index (χ2v) is 7.32. The van der Waals surface area contributed by atoms with Gasteiger partial charge in [-0.2, -0.15) is 0 Å². The highest BCUT2D eigenvalue weighted by molar-refractivity contribution is 8.02. The maximum atomic E-state index is 12.5. The van der Waals surface area contributed by atoms with Gasteiger partial charge in [0.1, 0.15) is 5.76 Å². The van der Waals surface area contributed by atoms with Gasteiger partial charge >= 0.3 is 0 Å². The van der Waals surface area contributed by atoms with Crippen molar-refractivity contribution in [1.82, 2.24) is 5.32 Å². The lowest BCUT2D eigenvalue weighted by atomic mass is 10.1. The summed E-state index contributed by atoms with van der Waals surface area (Å²) in [5.74, 6) is 1.44. The van der Waals surface area contributed by atoms with Gasteiger partial charge in [0.15, 0.2) is 5.76 Å². The first-order valence-electron chi connectivity index (χ1n) is 8.73. The number of hydrogen-bond acceptors (Lipinski definition) is 5. The standard InChI is InChI=1S/C20H22N2O4S/c1-13-5-6-15(19(23)21-14(2)10-16-4-3-7-25-16)11-17(13)22-20(24)18-12-27-9-8-26-18/h3-7,11-12,14H,8-10H2,1-2H3,(H,21,23)(H,22,24). The zero-order valence-electron chi connectivity index (χ0n) is 15.3. The lowest BCUT2D eigenvalue weighted by molar-refractivity contribution is -0.116. The van der Waals surface area contributed by atoms with Crippen molar-refractivity contribution in [2.45, 2.75) is 26.3 Å². The fourth-order valence-electron chi connectivity index (χ4n) is 2.66. The van der Waals surface area contributed by atoms with E-state index in [0.717, 1.165) is 17.1 Å². The van der Waals surface area contributed by atoms with Crippen LogP contribution in [0.25, 0.3) is 0 Å². The van der Waals surface area contributed by atoms with Crippen LogP contribution in [0.3, 0.4) is 0 Å². The molecule has 142 valence electrons. The molecule has 0 spiro atoms. The molecule has 7 heteroatoms. The topological polar surface area (TPSA) is 80.6 Å². The van der Waals surface area contributed by atoms with Crippen molar-refractivity contribution in [3.8, 4) is 0 Å². The van der Waals surface area contributed by atoms with E-state index in [4.69, 9.17) is 9.15 Å². The average molecular weight is 386 g/mol. The van der Waals surface area contributed by atoms with Gasteiger partial charge in [-0.05, 0) is 43.7 Å². The molecule has 27 heavy (non-hydrogen) atoms. The van der Waals surface area contributed by atoms with Gasteiger partial charge in [0.25, 0.3) is 11.8 Å². The molecule has 2 N–H and O–H groups in total. The van der Waals surface area contributed by atoms with Crippen LogP contribution in [0.15, 0.2) is 52.2 Å². The molecule has 0 saturated heterocycles. The van der Waals surface area contributed by atoms with Crippen molar-refractivity contribution in [1.29, 1.82) is 0 Å². The summed E-state index contributed by atoms with van der Waals surface area (Å²) in [6, 6.07) is 8.85. The maximum absolute atomic E-state index is 12.5. The number of aryl methyl sites for hydroxylation is 1. The number of carbonyl (C=O) groups is 2. The van der Waals surface area contributed by atoms with Gasteiger partial charge in [-0.15, -0.1) is 11.8 Å². The molecule has 2 heterocycles. The minimum Gasteiger partial charge on any atom is -0.487 e. The van der Waals surface area contributed by atoms with E-state index < -0.39 is 0 Å². The van der Waals surface area contributed by atoms with Gasteiger partial charge in [-0.3, -0.25) is 9.59 Å². The zero-order chi connectivity index (χ0) is 19.2. The lowest BCUT2D eigenvalue weighted by Gasteiger charge is -2.16. The number of hydrogen-bond donors (Lipinski definition) is 2. The van der Waals surface area contributed by atoms with Gasteiger partial charge in [0.05, 0.1) is 12.9 Å². The largest absolute Gasteiger partial charge is 0.487 e. The van der Waals surface area contributed by atoms with Gasteiger partial charge in [-0.1, -0.05) is 6.07 Å². The number of furan rings is 1. The molecular weight excluding hydrogens is 364 g/mol. The van der Waals surface area contributed by atoms with Crippen molar-refractivity contribution >= 4 is 29.3 Å². The number of rotatable bonds is 6. The number of amides is 2. The molecule has 3 rings (SSSR count). The van der Waals surface area contributed by atoms with Gasteiger partial charge in [-0.25, -0.2) is 0 Å². The molecule has 1 atom stereocenters. The van der Waals surface area contributed by atoms with Gasteiger partial charge in [0.2, 0.25) is 0 Å². The number of benzene rings is 1. The summed E-state index contributed by atoms with van der Waals surface area (Å²) in [7, 11) is 0. The molecule has 6 nitrogen and oxygen atoms in total. The summed E-state index contributed by atoms with van der Waals surface area (Å²) >= 11 is 1.54. The summed E-state index contributed by atoms with van der Waals surface area (Å²) in [4.78, 5) is 24.9. The number of nitrogens with one attached hydrogen (secondary N) is 2. The molecule has 0 aliphatic carbocycles. The van der Waals surface area contributed by atoms with Crippen LogP contribution in [0, 0.1) is 6.92 Å². The Hall–Kier alpha value is -2.67. The Morgan fingerprint density at radius 3 is 2.81 bits per heavy atom. The van der Waals surface area contributed by atoms with Crippen LogP contribution in [-0.2, 0) is 16.0 Å². The van der Waals surface area contributed by atoms with E-state index in [1.54, 1.807) is 35.6 Å². The maximum Gasteiger partial charge on any atom is 0.291 e. The van der Waals surface area contributed by atoms with E-state index >= 15 is 0 Å². The number of ether oxygens (including phenoxy) is 1. The minimum absolute atomic E-state index is 0.0826. The SMILES string of the molecule is Cc1ccc(C(=O)NC(C)Cc2ccco2)cc1NC(=O)C1=CSCCO1. The van der Waals surface area contributed by atoms with Crippen LogP contribution in [0.1, 0.15) is 28.6 Å². The molecule has 0 bridgehead atoms. The quantitative estimate of drug-likeness (QED) is 0.794. The average Bonchev–Trinajstić information content (AvgIpc) is 3.17. The first-order valence-corrected chi connectivity index (χ1v) is 9.77. The molecule has 2 aromatic rings. The Labute approximate surface area is 162 Å². The molecule has 0 fully saturated rings. The Bertz CT molecular complexity index is 846.